The third-order valence-corrected chi connectivity index (χ3v) is 7.46. The minimum atomic E-state index is -0.309. The number of anilines is 2. The van der Waals surface area contributed by atoms with Crippen LogP contribution in [-0.2, 0) is 6.42 Å². The van der Waals surface area contributed by atoms with Crippen molar-refractivity contribution in [2.45, 2.75) is 38.6 Å². The molecule has 1 spiro atoms. The summed E-state index contributed by atoms with van der Waals surface area (Å²) >= 11 is 6.06. The number of aromatic nitrogens is 2. The number of hydrogen-bond acceptors (Lipinski definition) is 6. The molecule has 0 bridgehead atoms. The van der Waals surface area contributed by atoms with Gasteiger partial charge in [-0.25, -0.2) is 5.10 Å². The number of aryl methyl sites for hydroxylation is 1. The van der Waals surface area contributed by atoms with E-state index < -0.39 is 0 Å². The van der Waals surface area contributed by atoms with E-state index in [4.69, 9.17) is 17.0 Å². The first-order valence-electron chi connectivity index (χ1n) is 10.9. The van der Waals surface area contributed by atoms with Crippen LogP contribution in [0.2, 0.25) is 5.02 Å². The number of hydrogen-bond donors (Lipinski definition) is 3. The molecule has 1 aromatic heterocycles. The van der Waals surface area contributed by atoms with E-state index in [-0.39, 0.29) is 10.6 Å². The molecular weight excluding hydrogens is 412 g/mol. The van der Waals surface area contributed by atoms with Crippen molar-refractivity contribution in [2.75, 3.05) is 43.9 Å². The second kappa shape index (κ2) is 8.63. The lowest BCUT2D eigenvalue weighted by Crippen LogP contribution is -2.66. The van der Waals surface area contributed by atoms with E-state index in [2.05, 4.69) is 45.4 Å². The first kappa shape index (κ1) is 21.8. The molecule has 0 radical (unpaired) electrons. The number of nitrogens with one attached hydrogen (secondary N) is 3. The van der Waals surface area contributed by atoms with E-state index in [0.717, 1.165) is 49.3 Å². The van der Waals surface area contributed by atoms with Gasteiger partial charge < -0.3 is 20.5 Å². The van der Waals surface area contributed by atoms with Crippen LogP contribution in [0.3, 0.4) is 0 Å². The lowest BCUT2D eigenvalue weighted by Gasteiger charge is -2.61. The highest BCUT2D eigenvalue weighted by Gasteiger charge is 2.53. The van der Waals surface area contributed by atoms with Crippen LogP contribution >= 0.6 is 11.6 Å². The quantitative estimate of drug-likeness (QED) is 0.546. The Morgan fingerprint density at radius 2 is 2.16 bits per heavy atom. The van der Waals surface area contributed by atoms with Gasteiger partial charge >= 0.3 is 0 Å². The van der Waals surface area contributed by atoms with E-state index in [1.54, 1.807) is 6.20 Å². The minimum Gasteiger partial charge on any atom is -0.387 e. The molecule has 4 rings (SSSR count). The molecule has 2 heterocycles. The van der Waals surface area contributed by atoms with Crippen molar-refractivity contribution < 1.29 is 0 Å². The summed E-state index contributed by atoms with van der Waals surface area (Å²) in [5, 5.41) is 17.3. The van der Waals surface area contributed by atoms with Crippen LogP contribution in [-0.4, -0.2) is 61.1 Å². The van der Waals surface area contributed by atoms with E-state index >= 15 is 0 Å². The SMILES string of the molecule is CNc1c(C=N)ccc(N(C)C2CC3(C2)CN(CCCc2cn[nH]c(=O)c2Cl)C3)c1C. The van der Waals surface area contributed by atoms with Gasteiger partial charge in [0.2, 0.25) is 0 Å². The average molecular weight is 443 g/mol. The topological polar surface area (TPSA) is 88.1 Å². The summed E-state index contributed by atoms with van der Waals surface area (Å²) in [5.41, 5.74) is 5.40. The van der Waals surface area contributed by atoms with Gasteiger partial charge in [-0.1, -0.05) is 11.6 Å². The predicted octanol–water partition coefficient (Wildman–Crippen LogP) is 3.30. The lowest BCUT2D eigenvalue weighted by molar-refractivity contribution is -0.0715. The summed E-state index contributed by atoms with van der Waals surface area (Å²) < 4.78 is 0. The number of benzene rings is 1. The van der Waals surface area contributed by atoms with Gasteiger partial charge in [-0.2, -0.15) is 5.10 Å². The van der Waals surface area contributed by atoms with Gasteiger partial charge in [0.15, 0.2) is 0 Å². The van der Waals surface area contributed by atoms with Crippen LogP contribution in [0.25, 0.3) is 0 Å². The number of nitrogens with zero attached hydrogens (tertiary/aromatic N) is 3. The number of likely N-dealkylation sites (tertiary alicyclic amines) is 1. The Morgan fingerprint density at radius 3 is 2.84 bits per heavy atom. The zero-order chi connectivity index (χ0) is 22.2. The van der Waals surface area contributed by atoms with Crippen LogP contribution in [0, 0.1) is 17.7 Å². The van der Waals surface area contributed by atoms with Crippen molar-refractivity contribution in [1.29, 1.82) is 5.41 Å². The van der Waals surface area contributed by atoms with Crippen molar-refractivity contribution in [1.82, 2.24) is 15.1 Å². The monoisotopic (exact) mass is 442 g/mol. The lowest BCUT2D eigenvalue weighted by atomic mass is 9.60. The maximum Gasteiger partial charge on any atom is 0.283 e. The van der Waals surface area contributed by atoms with Gasteiger partial charge in [0.25, 0.3) is 5.56 Å². The highest BCUT2D eigenvalue weighted by atomic mass is 35.5. The molecule has 1 saturated heterocycles. The van der Waals surface area contributed by atoms with Crippen molar-refractivity contribution in [2.24, 2.45) is 5.41 Å². The Kier molecular flexibility index (Phi) is 6.08. The fourth-order valence-electron chi connectivity index (χ4n) is 5.37. The summed E-state index contributed by atoms with van der Waals surface area (Å²) in [4.78, 5) is 16.5. The fourth-order valence-corrected chi connectivity index (χ4v) is 5.56. The molecule has 7 nitrogen and oxygen atoms in total. The highest BCUT2D eigenvalue weighted by molar-refractivity contribution is 6.31. The van der Waals surface area contributed by atoms with Crippen molar-refractivity contribution in [3.05, 3.63) is 50.4 Å². The van der Waals surface area contributed by atoms with Gasteiger partial charge in [-0.05, 0) is 67.8 Å². The van der Waals surface area contributed by atoms with Gasteiger partial charge in [-0.15, -0.1) is 0 Å². The number of aromatic amines is 1. The molecule has 3 N–H and O–H groups in total. The smallest absolute Gasteiger partial charge is 0.283 e. The van der Waals surface area contributed by atoms with Gasteiger partial charge in [-0.3, -0.25) is 4.79 Å². The van der Waals surface area contributed by atoms with E-state index in [9.17, 15) is 4.79 Å². The molecule has 2 fully saturated rings. The molecule has 2 aliphatic rings. The molecule has 31 heavy (non-hydrogen) atoms. The number of rotatable bonds is 8. The summed E-state index contributed by atoms with van der Waals surface area (Å²) in [6.45, 7) is 5.48. The molecule has 0 atom stereocenters. The van der Waals surface area contributed by atoms with Crippen molar-refractivity contribution in [3.8, 4) is 0 Å². The predicted molar refractivity (Wildman–Crippen MR) is 127 cm³/mol. The van der Waals surface area contributed by atoms with Crippen molar-refractivity contribution >= 4 is 29.2 Å². The van der Waals surface area contributed by atoms with Crippen LogP contribution < -0.4 is 15.8 Å². The van der Waals surface area contributed by atoms with Gasteiger partial charge in [0, 0.05) is 56.4 Å². The first-order chi connectivity index (χ1) is 14.9. The van der Waals surface area contributed by atoms with Crippen LogP contribution in [0.1, 0.15) is 36.0 Å². The number of H-pyrrole nitrogens is 1. The molecule has 1 aromatic carbocycles. The van der Waals surface area contributed by atoms with E-state index in [1.807, 2.05) is 13.1 Å². The highest BCUT2D eigenvalue weighted by Crippen LogP contribution is 2.51. The Hall–Kier alpha value is -2.38. The zero-order valence-electron chi connectivity index (χ0n) is 18.5. The zero-order valence-corrected chi connectivity index (χ0v) is 19.2. The molecule has 166 valence electrons. The summed E-state index contributed by atoms with van der Waals surface area (Å²) in [7, 11) is 4.11. The summed E-state index contributed by atoms with van der Waals surface area (Å²) in [5.74, 6) is 0. The minimum absolute atomic E-state index is 0.269. The normalized spacial score (nSPS) is 17.8. The first-order valence-corrected chi connectivity index (χ1v) is 11.2. The van der Waals surface area contributed by atoms with Crippen LogP contribution in [0.15, 0.2) is 23.1 Å². The Labute approximate surface area is 188 Å². The Balaban J connectivity index is 1.26. The molecule has 2 aromatic rings. The second-order valence-corrected chi connectivity index (χ2v) is 9.47. The molecule has 0 amide bonds. The van der Waals surface area contributed by atoms with Crippen LogP contribution in [0.5, 0.6) is 0 Å². The standard InChI is InChI=1S/C23H31ClN6O/c1-15-19(7-6-16(11-25)21(15)26-2)29(3)18-9-23(10-18)13-30(14-23)8-4-5-17-12-27-28-22(31)20(17)24/h6-7,11-12,18,25-26H,4-5,8-10,13-14H2,1-3H3,(H,28,31). The maximum absolute atomic E-state index is 11.5. The molecule has 1 aliphatic carbocycles. The maximum atomic E-state index is 11.5. The summed E-state index contributed by atoms with van der Waals surface area (Å²) in [6.07, 6.45) is 7.28. The molecule has 1 aliphatic heterocycles. The second-order valence-electron chi connectivity index (χ2n) is 9.09. The fraction of sp³-hybridized carbons (Fsp3) is 0.522. The third-order valence-electron chi connectivity index (χ3n) is 7.05. The van der Waals surface area contributed by atoms with E-state index in [0.29, 0.717) is 11.5 Å². The largest absolute Gasteiger partial charge is 0.387 e. The molecule has 1 saturated carbocycles. The molecule has 8 heteroatoms. The third kappa shape index (κ3) is 4.08. The molecule has 0 unspecified atom stereocenters. The van der Waals surface area contributed by atoms with Gasteiger partial charge in [0.1, 0.15) is 5.02 Å². The molecular formula is C23H31ClN6O. The van der Waals surface area contributed by atoms with Crippen LogP contribution in [0.4, 0.5) is 11.4 Å². The van der Waals surface area contributed by atoms with Crippen molar-refractivity contribution in [3.63, 3.8) is 0 Å². The van der Waals surface area contributed by atoms with Gasteiger partial charge in [0.05, 0.1) is 6.20 Å². The summed E-state index contributed by atoms with van der Waals surface area (Å²) in [6, 6.07) is 4.74. The Morgan fingerprint density at radius 1 is 1.42 bits per heavy atom. The Bertz CT molecular complexity index is 1020. The number of halogens is 1. The van der Waals surface area contributed by atoms with E-state index in [1.165, 1.54) is 30.3 Å². The average Bonchev–Trinajstić information content (AvgIpc) is 2.70.